The van der Waals surface area contributed by atoms with Crippen molar-refractivity contribution in [1.82, 2.24) is 5.09 Å². The normalized spacial score (nSPS) is 18.0. The van der Waals surface area contributed by atoms with Crippen LogP contribution in [-0.2, 0) is 4.57 Å². The van der Waals surface area contributed by atoms with Crippen molar-refractivity contribution in [3.63, 3.8) is 0 Å². The van der Waals surface area contributed by atoms with Gasteiger partial charge in [-0.05, 0) is 12.9 Å². The Kier molecular flexibility index (Phi) is 2.27. The van der Waals surface area contributed by atoms with Crippen molar-refractivity contribution < 1.29 is 4.57 Å². The van der Waals surface area contributed by atoms with Gasteiger partial charge in [0.15, 0.2) is 7.29 Å². The molecule has 0 aromatic carbocycles. The minimum atomic E-state index is -2.14. The molecule has 0 rings (SSSR count). The molecule has 42 valence electrons. The first kappa shape index (κ1) is 6.93. The summed E-state index contributed by atoms with van der Waals surface area (Å²) in [5.74, 6) is 1.44. The van der Waals surface area contributed by atoms with Crippen LogP contribution < -0.4 is 5.09 Å². The maximum Gasteiger partial charge on any atom is 0.165 e. The van der Waals surface area contributed by atoms with Crippen LogP contribution in [0.5, 0.6) is 0 Å². The van der Waals surface area contributed by atoms with Crippen LogP contribution in [0.2, 0.25) is 0 Å². The summed E-state index contributed by atoms with van der Waals surface area (Å²) in [5, 5.41) is 2.63. The molecule has 1 unspecified atom stereocenters. The summed E-state index contributed by atoms with van der Waals surface area (Å²) in [6.07, 6.45) is 0. The number of nitrogens with one attached hydrogen (secondary N) is 1. The molecule has 3 heteroatoms. The molecule has 0 saturated carbocycles. The Morgan fingerprint density at radius 2 is 2.29 bits per heavy atom. The summed E-state index contributed by atoms with van der Waals surface area (Å²) >= 11 is 0. The molecule has 0 spiro atoms. The molecule has 0 saturated heterocycles. The van der Waals surface area contributed by atoms with E-state index in [2.05, 4.69) is 11.7 Å². The number of hydrogen-bond acceptors (Lipinski definition) is 1. The smallest absolute Gasteiger partial charge is 0.165 e. The predicted octanol–water partition coefficient (Wildman–Crippen LogP) is 1.26. The highest BCUT2D eigenvalue weighted by molar-refractivity contribution is 7.64. The summed E-state index contributed by atoms with van der Waals surface area (Å²) in [7, 11) is -0.485. The third kappa shape index (κ3) is 2.60. The van der Waals surface area contributed by atoms with Crippen LogP contribution in [0.4, 0.5) is 0 Å². The molecule has 0 radical (unpaired) electrons. The molecule has 0 aromatic rings. The topological polar surface area (TPSA) is 29.1 Å². The van der Waals surface area contributed by atoms with Crippen molar-refractivity contribution >= 4 is 7.29 Å². The van der Waals surface area contributed by atoms with Crippen LogP contribution in [0.3, 0.4) is 0 Å². The Morgan fingerprint density at radius 3 is 2.29 bits per heavy atom. The van der Waals surface area contributed by atoms with Crippen molar-refractivity contribution in [2.24, 2.45) is 0 Å². The van der Waals surface area contributed by atoms with Crippen molar-refractivity contribution in [1.29, 1.82) is 0 Å². The lowest BCUT2D eigenvalue weighted by Crippen LogP contribution is -1.96. The summed E-state index contributed by atoms with van der Waals surface area (Å²) in [6, 6.07) is 0. The Bertz CT molecular complexity index is 110. The van der Waals surface area contributed by atoms with E-state index in [1.54, 1.807) is 13.7 Å². The van der Waals surface area contributed by atoms with Crippen LogP contribution in [0.25, 0.3) is 0 Å². The Morgan fingerprint density at radius 1 is 1.86 bits per heavy atom. The van der Waals surface area contributed by atoms with Crippen molar-refractivity contribution in [3.8, 4) is 0 Å². The van der Waals surface area contributed by atoms with Gasteiger partial charge in [0, 0.05) is 6.66 Å². The van der Waals surface area contributed by atoms with Gasteiger partial charge in [-0.15, -0.1) is 0 Å². The van der Waals surface area contributed by atoms with E-state index in [1.807, 2.05) is 0 Å². The molecular formula is C4H10NOP. The average Bonchev–Trinajstić information content (AvgIpc) is 1.68. The molecule has 1 atom stereocenters. The monoisotopic (exact) mass is 119 g/mol. The Hall–Kier alpha value is -0.0700. The van der Waals surface area contributed by atoms with Gasteiger partial charge in [0.1, 0.15) is 0 Å². The van der Waals surface area contributed by atoms with E-state index in [1.165, 1.54) is 5.82 Å². The average molecular weight is 119 g/mol. The fraction of sp³-hybridized carbons (Fsp3) is 0.500. The van der Waals surface area contributed by atoms with Gasteiger partial charge in [0.2, 0.25) is 0 Å². The van der Waals surface area contributed by atoms with Gasteiger partial charge in [-0.25, -0.2) is 0 Å². The molecule has 0 fully saturated rings. The lowest BCUT2D eigenvalue weighted by Gasteiger charge is -2.01. The zero-order valence-corrected chi connectivity index (χ0v) is 5.53. The number of hydrogen-bond donors (Lipinski definition) is 1. The highest BCUT2D eigenvalue weighted by Crippen LogP contribution is 2.35. The standard InChI is InChI=1S/C4H10NOP/c1-4-7(3,6)5-2/h4H,1H2,2-3H3,(H,5,6). The quantitative estimate of drug-likeness (QED) is 0.554. The van der Waals surface area contributed by atoms with Gasteiger partial charge in [0.05, 0.1) is 0 Å². The molecule has 1 N–H and O–H groups in total. The van der Waals surface area contributed by atoms with E-state index in [0.29, 0.717) is 0 Å². The van der Waals surface area contributed by atoms with E-state index >= 15 is 0 Å². The molecule has 0 heterocycles. The minimum Gasteiger partial charge on any atom is -0.303 e. The van der Waals surface area contributed by atoms with E-state index in [4.69, 9.17) is 0 Å². The highest BCUT2D eigenvalue weighted by atomic mass is 31.2. The zero-order chi connectivity index (χ0) is 5.91. The van der Waals surface area contributed by atoms with Crippen molar-refractivity contribution in [2.75, 3.05) is 13.7 Å². The molecule has 0 aliphatic rings. The molecule has 0 aromatic heterocycles. The summed E-state index contributed by atoms with van der Waals surface area (Å²) in [4.78, 5) is 0. The molecule has 2 nitrogen and oxygen atoms in total. The fourth-order valence-electron chi connectivity index (χ4n) is 0.0913. The van der Waals surface area contributed by atoms with Gasteiger partial charge < -0.3 is 4.57 Å². The summed E-state index contributed by atoms with van der Waals surface area (Å²) < 4.78 is 10.7. The second kappa shape index (κ2) is 2.29. The molecule has 7 heavy (non-hydrogen) atoms. The molecule has 0 amide bonds. The lowest BCUT2D eigenvalue weighted by molar-refractivity contribution is 0.579. The molecule has 0 aliphatic carbocycles. The van der Waals surface area contributed by atoms with E-state index < -0.39 is 7.29 Å². The largest absolute Gasteiger partial charge is 0.303 e. The molecule has 0 bridgehead atoms. The van der Waals surface area contributed by atoms with Crippen molar-refractivity contribution in [2.45, 2.75) is 0 Å². The fourth-order valence-corrected chi connectivity index (χ4v) is 0.274. The third-order valence-electron chi connectivity index (χ3n) is 0.792. The first-order valence-electron chi connectivity index (χ1n) is 2.02. The molecular weight excluding hydrogens is 109 g/mol. The van der Waals surface area contributed by atoms with Crippen LogP contribution in [-0.4, -0.2) is 13.7 Å². The summed E-state index contributed by atoms with van der Waals surface area (Å²) in [6.45, 7) is 5.00. The second-order valence-corrected chi connectivity index (χ2v) is 4.19. The van der Waals surface area contributed by atoms with Gasteiger partial charge in [0.25, 0.3) is 0 Å². The lowest BCUT2D eigenvalue weighted by atomic mass is 11.3. The first-order valence-corrected chi connectivity index (χ1v) is 4.24. The zero-order valence-electron chi connectivity index (χ0n) is 4.64. The maximum absolute atomic E-state index is 10.7. The maximum atomic E-state index is 10.7. The van der Waals surface area contributed by atoms with E-state index in [9.17, 15) is 4.57 Å². The predicted molar refractivity (Wildman–Crippen MR) is 32.8 cm³/mol. The third-order valence-corrected chi connectivity index (χ3v) is 2.38. The Labute approximate surface area is 44.0 Å². The van der Waals surface area contributed by atoms with Gasteiger partial charge in [-0.1, -0.05) is 6.58 Å². The Balaban J connectivity index is 3.85. The first-order chi connectivity index (χ1) is 3.12. The van der Waals surface area contributed by atoms with E-state index in [-0.39, 0.29) is 0 Å². The second-order valence-electron chi connectivity index (χ2n) is 1.40. The van der Waals surface area contributed by atoms with Crippen LogP contribution in [0.1, 0.15) is 0 Å². The summed E-state index contributed by atoms with van der Waals surface area (Å²) in [5.41, 5.74) is 0. The molecule has 0 aliphatic heterocycles. The number of rotatable bonds is 2. The van der Waals surface area contributed by atoms with E-state index in [0.717, 1.165) is 0 Å². The SMILES string of the molecule is C=CP(C)(=O)NC. The van der Waals surface area contributed by atoms with Gasteiger partial charge in [-0.3, -0.25) is 5.09 Å². The minimum absolute atomic E-state index is 1.44. The van der Waals surface area contributed by atoms with Gasteiger partial charge in [-0.2, -0.15) is 0 Å². The van der Waals surface area contributed by atoms with Crippen molar-refractivity contribution in [3.05, 3.63) is 12.4 Å². The van der Waals surface area contributed by atoms with Crippen LogP contribution >= 0.6 is 7.29 Å². The van der Waals surface area contributed by atoms with Gasteiger partial charge >= 0.3 is 0 Å². The highest BCUT2D eigenvalue weighted by Gasteiger charge is 2.01. The van der Waals surface area contributed by atoms with Crippen LogP contribution in [0.15, 0.2) is 12.4 Å². The van der Waals surface area contributed by atoms with Crippen LogP contribution in [0, 0.1) is 0 Å².